The van der Waals surface area contributed by atoms with Crippen molar-refractivity contribution >= 4 is 11.8 Å². The number of ketones is 1. The Morgan fingerprint density at radius 1 is 1.35 bits per heavy atom. The Bertz CT molecular complexity index is 444. The standard InChI is InChI=1S/C11H9F3O3/c1-2-17-11(16)9(15)6-3-4-7(10(13)14)8(12)5-6/h3-5,10H,2H2,1H3. The van der Waals surface area contributed by atoms with Gasteiger partial charge < -0.3 is 4.74 Å². The van der Waals surface area contributed by atoms with Crippen LogP contribution in [0.2, 0.25) is 0 Å². The van der Waals surface area contributed by atoms with Gasteiger partial charge in [-0.3, -0.25) is 4.79 Å². The highest BCUT2D eigenvalue weighted by Gasteiger charge is 2.20. The Morgan fingerprint density at radius 3 is 2.47 bits per heavy atom. The zero-order valence-electron chi connectivity index (χ0n) is 8.88. The fourth-order valence-corrected chi connectivity index (χ4v) is 1.16. The molecule has 0 fully saturated rings. The molecule has 0 bridgehead atoms. The summed E-state index contributed by atoms with van der Waals surface area (Å²) in [6, 6.07) is 2.33. The lowest BCUT2D eigenvalue weighted by molar-refractivity contribution is -0.137. The molecule has 0 unspecified atom stereocenters. The van der Waals surface area contributed by atoms with Crippen LogP contribution in [-0.4, -0.2) is 18.4 Å². The Labute approximate surface area is 95.2 Å². The molecule has 1 aromatic carbocycles. The average Bonchev–Trinajstić information content (AvgIpc) is 2.27. The molecule has 17 heavy (non-hydrogen) atoms. The molecule has 0 aliphatic rings. The number of carbonyl (C=O) groups excluding carboxylic acids is 2. The third kappa shape index (κ3) is 3.05. The van der Waals surface area contributed by atoms with Gasteiger partial charge in [0.15, 0.2) is 0 Å². The third-order valence-corrected chi connectivity index (χ3v) is 1.96. The van der Waals surface area contributed by atoms with E-state index in [1.54, 1.807) is 0 Å². The number of esters is 1. The van der Waals surface area contributed by atoms with Crippen LogP contribution in [-0.2, 0) is 9.53 Å². The summed E-state index contributed by atoms with van der Waals surface area (Å²) >= 11 is 0. The molecule has 92 valence electrons. The molecule has 0 spiro atoms. The number of benzene rings is 1. The normalized spacial score (nSPS) is 10.4. The minimum atomic E-state index is -2.97. The minimum absolute atomic E-state index is 0.00216. The maximum Gasteiger partial charge on any atom is 0.379 e. The van der Waals surface area contributed by atoms with Crippen LogP contribution in [0.4, 0.5) is 13.2 Å². The molecule has 0 amide bonds. The number of ether oxygens (including phenoxy) is 1. The van der Waals surface area contributed by atoms with E-state index in [1.165, 1.54) is 6.92 Å². The third-order valence-electron chi connectivity index (χ3n) is 1.96. The number of hydrogen-bond acceptors (Lipinski definition) is 3. The number of Topliss-reactive ketones (excluding diaryl/α,β-unsaturated/α-hetero) is 1. The van der Waals surface area contributed by atoms with Crippen molar-refractivity contribution < 1.29 is 27.5 Å². The molecule has 0 atom stereocenters. The fraction of sp³-hybridized carbons (Fsp3) is 0.273. The van der Waals surface area contributed by atoms with Crippen LogP contribution in [0, 0.1) is 5.82 Å². The van der Waals surface area contributed by atoms with E-state index >= 15 is 0 Å². The maximum atomic E-state index is 13.1. The van der Waals surface area contributed by atoms with Crippen molar-refractivity contribution in [3.63, 3.8) is 0 Å². The van der Waals surface area contributed by atoms with Crippen LogP contribution in [0.25, 0.3) is 0 Å². The molecule has 0 saturated carbocycles. The minimum Gasteiger partial charge on any atom is -0.460 e. The number of halogens is 3. The number of carbonyl (C=O) groups is 2. The predicted octanol–water partition coefficient (Wildman–Crippen LogP) is 2.51. The van der Waals surface area contributed by atoms with Crippen LogP contribution >= 0.6 is 0 Å². The molecular formula is C11H9F3O3. The van der Waals surface area contributed by atoms with Crippen LogP contribution in [0.1, 0.15) is 29.3 Å². The van der Waals surface area contributed by atoms with E-state index in [1.807, 2.05) is 0 Å². The van der Waals surface area contributed by atoms with Crippen molar-refractivity contribution in [3.8, 4) is 0 Å². The molecule has 3 nitrogen and oxygen atoms in total. The molecule has 0 aliphatic carbocycles. The van der Waals surface area contributed by atoms with Gasteiger partial charge in [0.1, 0.15) is 5.82 Å². The summed E-state index contributed by atoms with van der Waals surface area (Å²) in [6.45, 7) is 1.51. The Hall–Kier alpha value is -1.85. The zero-order chi connectivity index (χ0) is 13.0. The topological polar surface area (TPSA) is 43.4 Å². The summed E-state index contributed by atoms with van der Waals surface area (Å²) in [7, 11) is 0. The maximum absolute atomic E-state index is 13.1. The van der Waals surface area contributed by atoms with Crippen molar-refractivity contribution in [3.05, 3.63) is 35.1 Å². The van der Waals surface area contributed by atoms with E-state index in [0.29, 0.717) is 6.07 Å². The van der Waals surface area contributed by atoms with E-state index in [4.69, 9.17) is 0 Å². The molecule has 1 aromatic rings. The number of rotatable bonds is 4. The average molecular weight is 246 g/mol. The summed E-state index contributed by atoms with van der Waals surface area (Å²) in [5.74, 6) is -3.43. The van der Waals surface area contributed by atoms with Crippen molar-refractivity contribution in [2.75, 3.05) is 6.61 Å². The van der Waals surface area contributed by atoms with Gasteiger partial charge in [0.25, 0.3) is 12.2 Å². The molecule has 0 aromatic heterocycles. The van der Waals surface area contributed by atoms with Crippen LogP contribution in [0.15, 0.2) is 18.2 Å². The first-order chi connectivity index (χ1) is 7.97. The van der Waals surface area contributed by atoms with Crippen LogP contribution < -0.4 is 0 Å². The second-order valence-corrected chi connectivity index (χ2v) is 3.09. The van der Waals surface area contributed by atoms with Crippen molar-refractivity contribution in [1.82, 2.24) is 0 Å². The van der Waals surface area contributed by atoms with Gasteiger partial charge >= 0.3 is 5.97 Å². The molecule has 0 radical (unpaired) electrons. The summed E-state index contributed by atoms with van der Waals surface area (Å²) < 4.78 is 42.0. The summed E-state index contributed by atoms with van der Waals surface area (Å²) in [5, 5.41) is 0. The van der Waals surface area contributed by atoms with E-state index in [-0.39, 0.29) is 12.2 Å². The molecule has 0 saturated heterocycles. The quantitative estimate of drug-likeness (QED) is 0.465. The summed E-state index contributed by atoms with van der Waals surface area (Å²) in [5.41, 5.74) is -1.13. The molecule has 6 heteroatoms. The molecule has 0 heterocycles. The number of hydrogen-bond donors (Lipinski definition) is 0. The first-order valence-corrected chi connectivity index (χ1v) is 4.76. The van der Waals surface area contributed by atoms with Crippen molar-refractivity contribution in [1.29, 1.82) is 0 Å². The first kappa shape index (κ1) is 13.2. The number of alkyl halides is 2. The lowest BCUT2D eigenvalue weighted by Gasteiger charge is -2.04. The Kier molecular flexibility index (Phi) is 4.25. The largest absolute Gasteiger partial charge is 0.460 e. The second kappa shape index (κ2) is 5.47. The van der Waals surface area contributed by atoms with Gasteiger partial charge in [-0.2, -0.15) is 0 Å². The van der Waals surface area contributed by atoms with Crippen molar-refractivity contribution in [2.45, 2.75) is 13.3 Å². The molecule has 0 aliphatic heterocycles. The van der Waals surface area contributed by atoms with Gasteiger partial charge in [-0.15, -0.1) is 0 Å². The highest BCUT2D eigenvalue weighted by atomic mass is 19.3. The van der Waals surface area contributed by atoms with Gasteiger partial charge in [-0.25, -0.2) is 18.0 Å². The van der Waals surface area contributed by atoms with E-state index in [2.05, 4.69) is 4.74 Å². The van der Waals surface area contributed by atoms with E-state index in [0.717, 1.165) is 12.1 Å². The SMILES string of the molecule is CCOC(=O)C(=O)c1ccc(C(F)F)c(F)c1. The Morgan fingerprint density at radius 2 is 2.00 bits per heavy atom. The smallest absolute Gasteiger partial charge is 0.379 e. The Balaban J connectivity index is 2.98. The van der Waals surface area contributed by atoms with Gasteiger partial charge in [0.2, 0.25) is 0 Å². The van der Waals surface area contributed by atoms with Crippen LogP contribution in [0.3, 0.4) is 0 Å². The second-order valence-electron chi connectivity index (χ2n) is 3.09. The van der Waals surface area contributed by atoms with Crippen molar-refractivity contribution in [2.24, 2.45) is 0 Å². The summed E-state index contributed by atoms with van der Waals surface area (Å²) in [4.78, 5) is 22.4. The molecular weight excluding hydrogens is 237 g/mol. The molecule has 0 N–H and O–H groups in total. The molecule has 1 rings (SSSR count). The van der Waals surface area contributed by atoms with Gasteiger partial charge in [-0.05, 0) is 19.1 Å². The van der Waals surface area contributed by atoms with E-state index in [9.17, 15) is 22.8 Å². The fourth-order valence-electron chi connectivity index (χ4n) is 1.16. The van der Waals surface area contributed by atoms with Gasteiger partial charge in [-0.1, -0.05) is 6.07 Å². The highest BCUT2D eigenvalue weighted by molar-refractivity contribution is 6.40. The zero-order valence-corrected chi connectivity index (χ0v) is 8.88. The lowest BCUT2D eigenvalue weighted by Crippen LogP contribution is -2.17. The highest BCUT2D eigenvalue weighted by Crippen LogP contribution is 2.22. The lowest BCUT2D eigenvalue weighted by atomic mass is 10.1. The van der Waals surface area contributed by atoms with Gasteiger partial charge in [0.05, 0.1) is 12.2 Å². The monoisotopic (exact) mass is 246 g/mol. The predicted molar refractivity (Wildman–Crippen MR) is 52.3 cm³/mol. The van der Waals surface area contributed by atoms with Gasteiger partial charge in [0, 0.05) is 5.56 Å². The van der Waals surface area contributed by atoms with E-state index < -0.39 is 29.6 Å². The first-order valence-electron chi connectivity index (χ1n) is 4.76. The van der Waals surface area contributed by atoms with Crippen LogP contribution in [0.5, 0.6) is 0 Å². The summed E-state index contributed by atoms with van der Waals surface area (Å²) in [6.07, 6.45) is -2.97.